The van der Waals surface area contributed by atoms with E-state index in [1.807, 2.05) is 0 Å². The number of anilines is 1. The molecule has 2 aliphatic rings. The van der Waals surface area contributed by atoms with Crippen LogP contribution in [0.15, 0.2) is 33.8 Å². The number of likely N-dealkylation sites (tertiary alicyclic amines) is 1. The number of aliphatic carboxylic acids is 1. The van der Waals surface area contributed by atoms with Crippen molar-refractivity contribution in [1.29, 1.82) is 0 Å². The Morgan fingerprint density at radius 3 is 2.51 bits per heavy atom. The number of imide groups is 1. The van der Waals surface area contributed by atoms with Gasteiger partial charge >= 0.3 is 28.2 Å². The lowest BCUT2D eigenvalue weighted by molar-refractivity contribution is -0.161. The van der Waals surface area contributed by atoms with Gasteiger partial charge in [0.15, 0.2) is 22.3 Å². The number of oxime groups is 1. The molecule has 1 aromatic heterocycles. The number of carboxylic acid groups (broad SMARTS) is 1. The molecule has 2 fully saturated rings. The van der Waals surface area contributed by atoms with Gasteiger partial charge in [0.25, 0.3) is 11.8 Å². The van der Waals surface area contributed by atoms with Gasteiger partial charge in [-0.2, -0.15) is 13.5 Å². The Kier molecular flexibility index (Phi) is 8.81. The highest BCUT2D eigenvalue weighted by atomic mass is 32.2. The minimum atomic E-state index is -4.79. The summed E-state index contributed by atoms with van der Waals surface area (Å²) in [6, 6.07) is -0.0977. The molecular weight excluding hydrogens is 642 g/mol. The summed E-state index contributed by atoms with van der Waals surface area (Å²) in [5, 5.41) is 40.1. The summed E-state index contributed by atoms with van der Waals surface area (Å²) in [6.07, 6.45) is 1.14. The van der Waals surface area contributed by atoms with E-state index in [2.05, 4.69) is 20.6 Å². The number of phenols is 2. The number of hydrogen-bond donors (Lipinski definition) is 6. The van der Waals surface area contributed by atoms with E-state index < -0.39 is 76.2 Å². The number of aromatic hydroxyl groups is 2. The molecule has 1 atom stereocenters. The zero-order chi connectivity index (χ0) is 33.3. The van der Waals surface area contributed by atoms with Crippen LogP contribution in [0.5, 0.6) is 11.5 Å². The summed E-state index contributed by atoms with van der Waals surface area (Å²) >= 11 is 0.945. The summed E-state index contributed by atoms with van der Waals surface area (Å²) in [5.74, 6) is -4.23. The number of phenolic OH excluding ortho intramolecular Hbond substituents is 2. The number of nitrogens with one attached hydrogen (secondary N) is 2. The second-order valence-corrected chi connectivity index (χ2v) is 12.3. The van der Waals surface area contributed by atoms with Crippen LogP contribution >= 0.6 is 11.3 Å². The average Bonchev–Trinajstić information content (AvgIpc) is 3.56. The number of β-lactam (4-membered cyclic amide) rings is 1. The highest BCUT2D eigenvalue weighted by Gasteiger charge is 2.45. The molecule has 2 aliphatic heterocycles. The van der Waals surface area contributed by atoms with Crippen LogP contribution in [0.2, 0.25) is 0 Å². The van der Waals surface area contributed by atoms with Crippen LogP contribution in [0.25, 0.3) is 0 Å². The number of hydrazone groups is 1. The van der Waals surface area contributed by atoms with Gasteiger partial charge in [-0.05, 0) is 37.6 Å². The fraction of sp³-hybridized carbons (Fsp3) is 0.304. The van der Waals surface area contributed by atoms with E-state index in [4.69, 9.17) is 10.6 Å². The Morgan fingerprint density at radius 1 is 1.20 bits per heavy atom. The maximum Gasteiger partial charge on any atom is 0.355 e. The van der Waals surface area contributed by atoms with Gasteiger partial charge in [0.1, 0.15) is 11.7 Å². The van der Waals surface area contributed by atoms with E-state index in [0.717, 1.165) is 28.6 Å². The summed E-state index contributed by atoms with van der Waals surface area (Å²) in [4.78, 5) is 71.4. The Bertz CT molecular complexity index is 1740. The van der Waals surface area contributed by atoms with Crippen LogP contribution in [-0.2, 0) is 29.4 Å². The molecule has 0 aliphatic carbocycles. The van der Waals surface area contributed by atoms with E-state index in [9.17, 15) is 47.7 Å². The fourth-order valence-electron chi connectivity index (χ4n) is 3.56. The van der Waals surface area contributed by atoms with Gasteiger partial charge in [-0.25, -0.2) is 33.4 Å². The first kappa shape index (κ1) is 32.4. The number of rotatable bonds is 10. The molecule has 3 heterocycles. The monoisotopic (exact) mass is 667 g/mol. The van der Waals surface area contributed by atoms with E-state index in [0.29, 0.717) is 9.21 Å². The van der Waals surface area contributed by atoms with Crippen LogP contribution in [-0.4, -0.2) is 116 Å². The lowest BCUT2D eigenvalue weighted by Gasteiger charge is -2.36. The highest BCUT2D eigenvalue weighted by molar-refractivity contribution is 7.88. The van der Waals surface area contributed by atoms with Crippen molar-refractivity contribution in [1.82, 2.24) is 29.2 Å². The molecule has 45 heavy (non-hydrogen) atoms. The van der Waals surface area contributed by atoms with Crippen molar-refractivity contribution in [3.63, 3.8) is 0 Å². The zero-order valence-electron chi connectivity index (χ0n) is 23.3. The number of thiazole rings is 1. The molecule has 1 aromatic carbocycles. The summed E-state index contributed by atoms with van der Waals surface area (Å²) in [6.45, 7) is 1.30. The van der Waals surface area contributed by atoms with Crippen molar-refractivity contribution >= 4 is 68.4 Å². The SMILES string of the molecule is CC(C)(ON=C(C(=O)N[C@H]1CN(C(=O)NS(=O)(=O)N2CCN(N=Cc3ccc(O)c(O)c3)C2=O)C1=O)c1csc(N)n1)C(=O)O. The third-order valence-electron chi connectivity index (χ3n) is 6.14. The standard InChI is InChI=1S/C23H25N9O11S2/c1-23(2,19(37)38)43-28-16(13-10-44-20(24)27-13)17(35)26-12-9-30(18(12)36)21(39)29-45(41,42)32-6-5-31(22(32)40)25-8-11-3-4-14(33)15(34)7-11/h3-4,7-8,10,12,33-34H,5-6,9H2,1-2H3,(H2,24,27)(H,26,35)(H,29,39)(H,37,38)/t12-/m0/s1. The number of carboxylic acids is 1. The third kappa shape index (κ3) is 7.01. The van der Waals surface area contributed by atoms with Crippen LogP contribution < -0.4 is 15.8 Å². The Balaban J connectivity index is 1.36. The van der Waals surface area contributed by atoms with Crippen molar-refractivity contribution in [2.45, 2.75) is 25.5 Å². The predicted octanol–water partition coefficient (Wildman–Crippen LogP) is -1.23. The number of nitrogen functional groups attached to an aromatic ring is 1. The molecule has 0 saturated carbocycles. The molecule has 2 aromatic rings. The van der Waals surface area contributed by atoms with Crippen molar-refractivity contribution < 1.29 is 52.5 Å². The number of aromatic nitrogens is 1. The molecular formula is C23H25N9O11S2. The zero-order valence-corrected chi connectivity index (χ0v) is 24.9. The number of benzene rings is 1. The summed E-state index contributed by atoms with van der Waals surface area (Å²) in [5.41, 5.74) is 3.45. The van der Waals surface area contributed by atoms with Gasteiger partial charge in [0.05, 0.1) is 25.8 Å². The van der Waals surface area contributed by atoms with E-state index in [1.165, 1.54) is 31.4 Å². The van der Waals surface area contributed by atoms with Crippen LogP contribution in [0.1, 0.15) is 25.1 Å². The van der Waals surface area contributed by atoms with Crippen molar-refractivity contribution in [3.05, 3.63) is 34.8 Å². The normalized spacial score (nSPS) is 17.4. The first-order valence-electron chi connectivity index (χ1n) is 12.5. The van der Waals surface area contributed by atoms with Crippen molar-refractivity contribution in [3.8, 4) is 11.5 Å². The van der Waals surface area contributed by atoms with Gasteiger partial charge in [-0.1, -0.05) is 5.16 Å². The van der Waals surface area contributed by atoms with Crippen LogP contribution in [0, 0.1) is 0 Å². The number of urea groups is 2. The summed E-state index contributed by atoms with van der Waals surface area (Å²) in [7, 11) is -4.79. The number of nitrogens with two attached hydrogens (primary N) is 1. The molecule has 6 amide bonds. The van der Waals surface area contributed by atoms with Gasteiger partial charge in [-0.15, -0.1) is 11.3 Å². The van der Waals surface area contributed by atoms with E-state index in [-0.39, 0.29) is 28.7 Å². The molecule has 0 radical (unpaired) electrons. The molecule has 20 nitrogen and oxygen atoms in total. The molecule has 0 unspecified atom stereocenters. The molecule has 0 bridgehead atoms. The van der Waals surface area contributed by atoms with Crippen molar-refractivity contribution in [2.24, 2.45) is 10.3 Å². The minimum Gasteiger partial charge on any atom is -0.504 e. The van der Waals surface area contributed by atoms with E-state index in [1.54, 1.807) is 4.72 Å². The van der Waals surface area contributed by atoms with Gasteiger partial charge in [0.2, 0.25) is 5.60 Å². The first-order valence-corrected chi connectivity index (χ1v) is 14.9. The number of nitrogens with zero attached hydrogens (tertiary/aromatic N) is 6. The first-order chi connectivity index (χ1) is 21.0. The lowest BCUT2D eigenvalue weighted by atomic mass is 10.1. The topological polar surface area (TPSA) is 287 Å². The Labute approximate surface area is 257 Å². The molecule has 2 saturated heterocycles. The smallest absolute Gasteiger partial charge is 0.355 e. The van der Waals surface area contributed by atoms with Crippen LogP contribution in [0.3, 0.4) is 0 Å². The van der Waals surface area contributed by atoms with Crippen molar-refractivity contribution in [2.75, 3.05) is 25.4 Å². The number of carbonyl (C=O) groups is 5. The second kappa shape index (κ2) is 12.2. The predicted molar refractivity (Wildman–Crippen MR) is 153 cm³/mol. The van der Waals surface area contributed by atoms with Crippen LogP contribution in [0.4, 0.5) is 14.7 Å². The Morgan fingerprint density at radius 2 is 1.91 bits per heavy atom. The average molecular weight is 668 g/mol. The highest BCUT2D eigenvalue weighted by Crippen LogP contribution is 2.24. The quantitative estimate of drug-likeness (QED) is 0.0750. The molecule has 240 valence electrons. The van der Waals surface area contributed by atoms with E-state index >= 15 is 0 Å². The van der Waals surface area contributed by atoms with Gasteiger partial charge in [-0.3, -0.25) is 14.5 Å². The second-order valence-electron chi connectivity index (χ2n) is 9.78. The lowest BCUT2D eigenvalue weighted by Crippen LogP contribution is -2.68. The maximum absolute atomic E-state index is 12.9. The number of carbonyl (C=O) groups excluding carboxylic acids is 4. The molecule has 7 N–H and O–H groups in total. The van der Waals surface area contributed by atoms with Gasteiger partial charge < -0.3 is 31.2 Å². The number of amides is 6. The number of hydrogen-bond acceptors (Lipinski definition) is 15. The molecule has 4 rings (SSSR count). The van der Waals surface area contributed by atoms with Gasteiger partial charge in [0, 0.05) is 5.38 Å². The minimum absolute atomic E-state index is 0.0517. The maximum atomic E-state index is 12.9. The molecule has 22 heteroatoms. The summed E-state index contributed by atoms with van der Waals surface area (Å²) < 4.78 is 27.4. The Hall–Kier alpha value is -5.51. The molecule has 0 spiro atoms. The fourth-order valence-corrected chi connectivity index (χ4v) is 5.17. The largest absolute Gasteiger partial charge is 0.504 e. The third-order valence-corrected chi connectivity index (χ3v) is 8.17.